The third kappa shape index (κ3) is 2.60. The number of benzene rings is 1. The molecule has 3 heterocycles. The predicted octanol–water partition coefficient (Wildman–Crippen LogP) is 3.56. The van der Waals surface area contributed by atoms with Crippen LogP contribution in [-0.2, 0) is 6.61 Å². The second-order valence-electron chi connectivity index (χ2n) is 5.38. The van der Waals surface area contributed by atoms with Crippen LogP contribution in [0.25, 0.3) is 28.2 Å². The van der Waals surface area contributed by atoms with E-state index in [0.29, 0.717) is 0 Å². The predicted molar refractivity (Wildman–Crippen MR) is 89.8 cm³/mol. The van der Waals surface area contributed by atoms with Crippen LogP contribution >= 0.6 is 0 Å². The standard InChI is InChI=1S/C19H15N3O/c23-13-14-4-6-15(7-5-14)16-8-9-19-21-18(12-22(19)11-16)17-3-1-2-10-20-17/h1-12,23H,13H2. The van der Waals surface area contributed by atoms with Gasteiger partial charge in [-0.1, -0.05) is 30.3 Å². The monoisotopic (exact) mass is 301 g/mol. The molecule has 0 atom stereocenters. The Morgan fingerprint density at radius 2 is 1.65 bits per heavy atom. The molecule has 0 spiro atoms. The lowest BCUT2D eigenvalue weighted by Gasteiger charge is -2.03. The molecule has 0 saturated carbocycles. The highest BCUT2D eigenvalue weighted by Crippen LogP contribution is 2.23. The van der Waals surface area contributed by atoms with Crippen LogP contribution in [0.3, 0.4) is 0 Å². The number of nitrogens with zero attached hydrogens (tertiary/aromatic N) is 3. The normalized spacial score (nSPS) is 11.0. The minimum atomic E-state index is 0.0638. The largest absolute Gasteiger partial charge is 0.392 e. The molecule has 4 rings (SSSR count). The molecule has 4 aromatic rings. The summed E-state index contributed by atoms with van der Waals surface area (Å²) in [5.41, 5.74) is 5.74. The van der Waals surface area contributed by atoms with E-state index in [0.717, 1.165) is 33.7 Å². The fourth-order valence-corrected chi connectivity index (χ4v) is 2.60. The summed E-state index contributed by atoms with van der Waals surface area (Å²) >= 11 is 0. The summed E-state index contributed by atoms with van der Waals surface area (Å²) < 4.78 is 2.01. The number of imidazole rings is 1. The van der Waals surface area contributed by atoms with Crippen molar-refractivity contribution in [2.45, 2.75) is 6.61 Å². The van der Waals surface area contributed by atoms with Crippen molar-refractivity contribution in [1.29, 1.82) is 0 Å². The van der Waals surface area contributed by atoms with Crippen LogP contribution < -0.4 is 0 Å². The van der Waals surface area contributed by atoms with E-state index in [1.807, 2.05) is 59.1 Å². The van der Waals surface area contributed by atoms with Crippen molar-refractivity contribution >= 4 is 5.65 Å². The summed E-state index contributed by atoms with van der Waals surface area (Å²) in [5.74, 6) is 0. The fraction of sp³-hybridized carbons (Fsp3) is 0.0526. The van der Waals surface area contributed by atoms with Gasteiger partial charge in [0.05, 0.1) is 12.3 Å². The molecule has 112 valence electrons. The van der Waals surface area contributed by atoms with Crippen molar-refractivity contribution in [2.75, 3.05) is 0 Å². The zero-order valence-corrected chi connectivity index (χ0v) is 12.4. The first-order valence-electron chi connectivity index (χ1n) is 7.44. The van der Waals surface area contributed by atoms with E-state index in [1.54, 1.807) is 6.20 Å². The first-order valence-corrected chi connectivity index (χ1v) is 7.44. The van der Waals surface area contributed by atoms with Crippen molar-refractivity contribution < 1.29 is 5.11 Å². The van der Waals surface area contributed by atoms with Crippen molar-refractivity contribution in [2.24, 2.45) is 0 Å². The zero-order valence-electron chi connectivity index (χ0n) is 12.4. The molecule has 0 bridgehead atoms. The smallest absolute Gasteiger partial charge is 0.137 e. The highest BCUT2D eigenvalue weighted by molar-refractivity contribution is 5.66. The van der Waals surface area contributed by atoms with Gasteiger partial charge in [0.2, 0.25) is 0 Å². The van der Waals surface area contributed by atoms with Gasteiger partial charge in [0.15, 0.2) is 0 Å². The lowest BCUT2D eigenvalue weighted by molar-refractivity contribution is 0.282. The maximum absolute atomic E-state index is 9.13. The van der Waals surface area contributed by atoms with E-state index >= 15 is 0 Å². The Morgan fingerprint density at radius 3 is 2.39 bits per heavy atom. The molecule has 0 saturated heterocycles. The van der Waals surface area contributed by atoms with Crippen LogP contribution in [-0.4, -0.2) is 19.5 Å². The molecule has 0 unspecified atom stereocenters. The maximum Gasteiger partial charge on any atom is 0.137 e. The number of hydrogen-bond donors (Lipinski definition) is 1. The number of fused-ring (bicyclic) bond motifs is 1. The Labute approximate surface area is 133 Å². The minimum absolute atomic E-state index is 0.0638. The third-order valence-electron chi connectivity index (χ3n) is 3.85. The van der Waals surface area contributed by atoms with Gasteiger partial charge in [-0.15, -0.1) is 0 Å². The van der Waals surface area contributed by atoms with Gasteiger partial charge in [-0.25, -0.2) is 4.98 Å². The Bertz CT molecular complexity index is 943. The molecule has 0 aliphatic rings. The Hall–Kier alpha value is -2.98. The van der Waals surface area contributed by atoms with E-state index in [2.05, 4.69) is 22.2 Å². The molecular weight excluding hydrogens is 286 g/mol. The Balaban J connectivity index is 1.75. The molecule has 3 aromatic heterocycles. The van der Waals surface area contributed by atoms with Crippen molar-refractivity contribution in [3.8, 4) is 22.5 Å². The lowest BCUT2D eigenvalue weighted by Crippen LogP contribution is -1.87. The second kappa shape index (κ2) is 5.66. The average molecular weight is 301 g/mol. The Kier molecular flexibility index (Phi) is 3.37. The molecule has 4 nitrogen and oxygen atoms in total. The summed E-state index contributed by atoms with van der Waals surface area (Å²) in [7, 11) is 0. The first-order chi connectivity index (χ1) is 11.3. The van der Waals surface area contributed by atoms with Gasteiger partial charge in [0.1, 0.15) is 11.3 Å². The highest BCUT2D eigenvalue weighted by Gasteiger charge is 2.06. The van der Waals surface area contributed by atoms with E-state index < -0.39 is 0 Å². The van der Waals surface area contributed by atoms with Crippen LogP contribution in [0.5, 0.6) is 0 Å². The third-order valence-corrected chi connectivity index (χ3v) is 3.85. The van der Waals surface area contributed by atoms with Gasteiger partial charge >= 0.3 is 0 Å². The number of pyridine rings is 2. The van der Waals surface area contributed by atoms with Gasteiger partial charge in [-0.3, -0.25) is 4.98 Å². The summed E-state index contributed by atoms with van der Waals surface area (Å²) in [5, 5.41) is 9.13. The van der Waals surface area contributed by atoms with Gasteiger partial charge < -0.3 is 9.51 Å². The van der Waals surface area contributed by atoms with E-state index in [-0.39, 0.29) is 6.61 Å². The molecule has 0 aliphatic carbocycles. The number of hydrogen-bond acceptors (Lipinski definition) is 3. The molecular formula is C19H15N3O. The number of rotatable bonds is 3. The maximum atomic E-state index is 9.13. The summed E-state index contributed by atoms with van der Waals surface area (Å²) in [4.78, 5) is 8.96. The van der Waals surface area contributed by atoms with Gasteiger partial charge in [-0.2, -0.15) is 0 Å². The lowest BCUT2D eigenvalue weighted by atomic mass is 10.1. The second-order valence-corrected chi connectivity index (χ2v) is 5.38. The van der Waals surface area contributed by atoms with Crippen LogP contribution in [0.15, 0.2) is 73.2 Å². The summed E-state index contributed by atoms with van der Waals surface area (Å²) in [6.07, 6.45) is 5.82. The molecule has 0 fully saturated rings. The van der Waals surface area contributed by atoms with E-state index in [9.17, 15) is 0 Å². The van der Waals surface area contributed by atoms with E-state index in [1.165, 1.54) is 0 Å². The highest BCUT2D eigenvalue weighted by atomic mass is 16.3. The van der Waals surface area contributed by atoms with Crippen molar-refractivity contribution in [3.63, 3.8) is 0 Å². The molecule has 1 aromatic carbocycles. The first kappa shape index (κ1) is 13.7. The summed E-state index contributed by atoms with van der Waals surface area (Å²) in [6, 6.07) is 17.8. The molecule has 0 amide bonds. The average Bonchev–Trinajstić information content (AvgIpc) is 3.06. The fourth-order valence-electron chi connectivity index (χ4n) is 2.60. The number of aliphatic hydroxyl groups excluding tert-OH is 1. The molecule has 1 N–H and O–H groups in total. The summed E-state index contributed by atoms with van der Waals surface area (Å²) in [6.45, 7) is 0.0638. The molecule has 23 heavy (non-hydrogen) atoms. The van der Waals surface area contributed by atoms with Crippen molar-refractivity contribution in [1.82, 2.24) is 14.4 Å². The zero-order chi connectivity index (χ0) is 15.6. The molecule has 0 aliphatic heterocycles. The van der Waals surface area contributed by atoms with Crippen LogP contribution in [0.1, 0.15) is 5.56 Å². The van der Waals surface area contributed by atoms with Gasteiger partial charge in [0.25, 0.3) is 0 Å². The quantitative estimate of drug-likeness (QED) is 0.629. The van der Waals surface area contributed by atoms with Gasteiger partial charge in [0, 0.05) is 18.6 Å². The van der Waals surface area contributed by atoms with Crippen molar-refractivity contribution in [3.05, 3.63) is 78.8 Å². The van der Waals surface area contributed by atoms with E-state index in [4.69, 9.17) is 5.11 Å². The van der Waals surface area contributed by atoms with Gasteiger partial charge in [-0.05, 0) is 41.0 Å². The van der Waals surface area contributed by atoms with Crippen LogP contribution in [0.2, 0.25) is 0 Å². The van der Waals surface area contributed by atoms with Crippen LogP contribution in [0, 0.1) is 0 Å². The SMILES string of the molecule is OCc1ccc(-c2ccc3nc(-c4ccccn4)cn3c2)cc1. The number of aliphatic hydroxyl groups is 1. The topological polar surface area (TPSA) is 50.4 Å². The molecule has 4 heteroatoms. The molecule has 0 radical (unpaired) electrons. The minimum Gasteiger partial charge on any atom is -0.392 e. The van der Waals surface area contributed by atoms with Crippen LogP contribution in [0.4, 0.5) is 0 Å². The Morgan fingerprint density at radius 1 is 0.826 bits per heavy atom. The number of aromatic nitrogens is 3.